The number of rotatable bonds is 3. The predicted octanol–water partition coefficient (Wildman–Crippen LogP) is 3.36. The summed E-state index contributed by atoms with van der Waals surface area (Å²) in [6, 6.07) is 0. The SMILES string of the molecule is CC(C)(C)c1nnsc1C(=O)NCC1CCCC(Cl)C1. The molecule has 0 radical (unpaired) electrons. The van der Waals surface area contributed by atoms with Crippen LogP contribution in [-0.2, 0) is 5.41 Å². The number of amides is 1. The Balaban J connectivity index is 1.94. The van der Waals surface area contributed by atoms with Crippen LogP contribution in [0.3, 0.4) is 0 Å². The summed E-state index contributed by atoms with van der Waals surface area (Å²) in [6.07, 6.45) is 4.40. The van der Waals surface area contributed by atoms with Crippen molar-refractivity contribution in [1.29, 1.82) is 0 Å². The molecule has 2 rings (SSSR count). The highest BCUT2D eigenvalue weighted by Crippen LogP contribution is 2.28. The van der Waals surface area contributed by atoms with Crippen LogP contribution in [0.15, 0.2) is 0 Å². The summed E-state index contributed by atoms with van der Waals surface area (Å²) in [7, 11) is 0. The van der Waals surface area contributed by atoms with Gasteiger partial charge in [0.15, 0.2) is 0 Å². The molecule has 1 amide bonds. The normalized spacial score (nSPS) is 23.6. The van der Waals surface area contributed by atoms with E-state index in [0.717, 1.165) is 31.4 Å². The van der Waals surface area contributed by atoms with Gasteiger partial charge in [-0.2, -0.15) is 0 Å². The molecule has 1 heterocycles. The first-order chi connectivity index (χ1) is 9.38. The van der Waals surface area contributed by atoms with Gasteiger partial charge in [-0.15, -0.1) is 16.7 Å². The van der Waals surface area contributed by atoms with Crippen LogP contribution in [0.2, 0.25) is 0 Å². The Morgan fingerprint density at radius 2 is 2.20 bits per heavy atom. The third-order valence-corrected chi connectivity index (χ3v) is 4.80. The molecule has 6 heteroatoms. The van der Waals surface area contributed by atoms with Crippen molar-refractivity contribution in [2.45, 2.75) is 57.2 Å². The predicted molar refractivity (Wildman–Crippen MR) is 82.5 cm³/mol. The van der Waals surface area contributed by atoms with Crippen LogP contribution in [0.1, 0.15) is 61.8 Å². The molecule has 1 aliphatic carbocycles. The Bertz CT molecular complexity index is 469. The van der Waals surface area contributed by atoms with Crippen molar-refractivity contribution in [3.63, 3.8) is 0 Å². The van der Waals surface area contributed by atoms with Crippen molar-refractivity contribution < 1.29 is 4.79 Å². The Morgan fingerprint density at radius 3 is 2.85 bits per heavy atom. The van der Waals surface area contributed by atoms with Gasteiger partial charge < -0.3 is 5.32 Å². The molecule has 1 aromatic heterocycles. The molecule has 2 unspecified atom stereocenters. The van der Waals surface area contributed by atoms with E-state index in [1.54, 1.807) is 0 Å². The molecule has 1 saturated carbocycles. The van der Waals surface area contributed by atoms with Crippen LogP contribution in [0.4, 0.5) is 0 Å². The van der Waals surface area contributed by atoms with E-state index in [1.807, 2.05) is 20.8 Å². The second kappa shape index (κ2) is 6.39. The summed E-state index contributed by atoms with van der Waals surface area (Å²) in [6.45, 7) is 6.82. The maximum absolute atomic E-state index is 12.3. The van der Waals surface area contributed by atoms with Gasteiger partial charge in [0, 0.05) is 17.3 Å². The van der Waals surface area contributed by atoms with Gasteiger partial charge in [0.2, 0.25) is 0 Å². The molecular weight excluding hydrogens is 294 g/mol. The Kier molecular flexibility index (Phi) is 5.02. The van der Waals surface area contributed by atoms with E-state index in [0.29, 0.717) is 17.3 Å². The van der Waals surface area contributed by atoms with E-state index in [2.05, 4.69) is 14.9 Å². The molecule has 112 valence electrons. The molecular formula is C14H22ClN3OS. The molecule has 1 aliphatic rings. The maximum atomic E-state index is 12.3. The molecule has 0 bridgehead atoms. The molecule has 1 fully saturated rings. The fraction of sp³-hybridized carbons (Fsp3) is 0.786. The number of carbonyl (C=O) groups is 1. The van der Waals surface area contributed by atoms with E-state index in [-0.39, 0.29) is 16.7 Å². The monoisotopic (exact) mass is 315 g/mol. The van der Waals surface area contributed by atoms with Crippen LogP contribution in [-0.4, -0.2) is 27.4 Å². The zero-order valence-electron chi connectivity index (χ0n) is 12.3. The van der Waals surface area contributed by atoms with Gasteiger partial charge in [0.05, 0.1) is 5.69 Å². The minimum Gasteiger partial charge on any atom is -0.351 e. The first kappa shape index (κ1) is 15.7. The summed E-state index contributed by atoms with van der Waals surface area (Å²) in [4.78, 5) is 12.9. The van der Waals surface area contributed by atoms with E-state index in [1.165, 1.54) is 11.5 Å². The summed E-state index contributed by atoms with van der Waals surface area (Å²) >= 11 is 7.35. The van der Waals surface area contributed by atoms with E-state index in [9.17, 15) is 4.79 Å². The molecule has 4 nitrogen and oxygen atoms in total. The number of hydrogen-bond acceptors (Lipinski definition) is 4. The molecule has 0 aromatic carbocycles. The number of carbonyl (C=O) groups excluding carboxylic acids is 1. The van der Waals surface area contributed by atoms with Gasteiger partial charge >= 0.3 is 0 Å². The van der Waals surface area contributed by atoms with Crippen molar-refractivity contribution in [3.8, 4) is 0 Å². The lowest BCUT2D eigenvalue weighted by molar-refractivity contribution is 0.0945. The smallest absolute Gasteiger partial charge is 0.264 e. The first-order valence-corrected chi connectivity index (χ1v) is 8.34. The topological polar surface area (TPSA) is 54.9 Å². The minimum absolute atomic E-state index is 0.0541. The van der Waals surface area contributed by atoms with Crippen LogP contribution < -0.4 is 5.32 Å². The van der Waals surface area contributed by atoms with Crippen molar-refractivity contribution in [3.05, 3.63) is 10.6 Å². The second-order valence-corrected chi connectivity index (χ2v) is 7.91. The number of alkyl halides is 1. The van der Waals surface area contributed by atoms with Crippen LogP contribution in [0.25, 0.3) is 0 Å². The third-order valence-electron chi connectivity index (χ3n) is 3.67. The third kappa shape index (κ3) is 3.92. The fourth-order valence-electron chi connectivity index (χ4n) is 2.56. The van der Waals surface area contributed by atoms with Crippen molar-refractivity contribution in [1.82, 2.24) is 14.9 Å². The number of halogens is 1. The molecule has 2 atom stereocenters. The van der Waals surface area contributed by atoms with Gasteiger partial charge in [-0.3, -0.25) is 4.79 Å². The van der Waals surface area contributed by atoms with Gasteiger partial charge in [0.25, 0.3) is 5.91 Å². The number of nitrogens with one attached hydrogen (secondary N) is 1. The fourth-order valence-corrected chi connectivity index (χ4v) is 3.76. The molecule has 1 N–H and O–H groups in total. The van der Waals surface area contributed by atoms with Crippen molar-refractivity contribution in [2.75, 3.05) is 6.54 Å². The lowest BCUT2D eigenvalue weighted by atomic mass is 9.88. The lowest BCUT2D eigenvalue weighted by Gasteiger charge is -2.25. The molecule has 1 aromatic rings. The van der Waals surface area contributed by atoms with Gasteiger partial charge in [-0.05, 0) is 36.7 Å². The average Bonchev–Trinajstić information content (AvgIpc) is 2.85. The van der Waals surface area contributed by atoms with Crippen LogP contribution in [0, 0.1) is 5.92 Å². The van der Waals surface area contributed by atoms with Crippen molar-refractivity contribution >= 4 is 29.0 Å². The number of hydrogen-bond donors (Lipinski definition) is 1. The van der Waals surface area contributed by atoms with Crippen LogP contribution in [0.5, 0.6) is 0 Å². The minimum atomic E-state index is -0.161. The van der Waals surface area contributed by atoms with E-state index >= 15 is 0 Å². The first-order valence-electron chi connectivity index (χ1n) is 7.13. The molecule has 0 aliphatic heterocycles. The van der Waals surface area contributed by atoms with E-state index < -0.39 is 0 Å². The summed E-state index contributed by atoms with van der Waals surface area (Å²) in [5.41, 5.74) is 0.616. The maximum Gasteiger partial charge on any atom is 0.264 e. The highest BCUT2D eigenvalue weighted by Gasteiger charge is 2.27. The zero-order valence-corrected chi connectivity index (χ0v) is 13.9. The summed E-state index contributed by atoms with van der Waals surface area (Å²) in [5, 5.41) is 7.39. The van der Waals surface area contributed by atoms with Gasteiger partial charge in [-0.1, -0.05) is 31.7 Å². The van der Waals surface area contributed by atoms with E-state index in [4.69, 9.17) is 11.6 Å². The zero-order chi connectivity index (χ0) is 14.8. The second-order valence-electron chi connectivity index (χ2n) is 6.54. The largest absolute Gasteiger partial charge is 0.351 e. The lowest BCUT2D eigenvalue weighted by Crippen LogP contribution is -2.32. The number of nitrogens with zero attached hydrogens (tertiary/aromatic N) is 2. The van der Waals surface area contributed by atoms with Gasteiger partial charge in [0.1, 0.15) is 4.88 Å². The standard InChI is InChI=1S/C14H22ClN3OS/c1-14(2,3)12-11(20-18-17-12)13(19)16-8-9-5-4-6-10(15)7-9/h9-10H,4-8H2,1-3H3,(H,16,19). The average molecular weight is 316 g/mol. The van der Waals surface area contributed by atoms with Crippen molar-refractivity contribution in [2.24, 2.45) is 5.92 Å². The number of aromatic nitrogens is 2. The summed E-state index contributed by atoms with van der Waals surface area (Å²) < 4.78 is 3.93. The quantitative estimate of drug-likeness (QED) is 0.870. The Labute approximate surface area is 129 Å². The molecule has 20 heavy (non-hydrogen) atoms. The van der Waals surface area contributed by atoms with Crippen LogP contribution >= 0.6 is 23.1 Å². The highest BCUT2D eigenvalue weighted by atomic mass is 35.5. The summed E-state index contributed by atoms with van der Waals surface area (Å²) in [5.74, 6) is 0.441. The Morgan fingerprint density at radius 1 is 1.45 bits per heavy atom. The highest BCUT2D eigenvalue weighted by molar-refractivity contribution is 7.08. The van der Waals surface area contributed by atoms with Gasteiger partial charge in [-0.25, -0.2) is 0 Å². The molecule has 0 saturated heterocycles. The molecule has 0 spiro atoms. The Hall–Kier alpha value is -0.680.